The molecule has 1 aromatic heterocycles. The van der Waals surface area contributed by atoms with Crippen LogP contribution in [0.5, 0.6) is 0 Å². The molecule has 0 atom stereocenters. The van der Waals surface area contributed by atoms with Crippen molar-refractivity contribution in [1.82, 2.24) is 9.55 Å². The predicted molar refractivity (Wildman–Crippen MR) is 54.2 cm³/mol. The molecule has 0 radical (unpaired) electrons. The molecule has 1 aliphatic carbocycles. The van der Waals surface area contributed by atoms with Gasteiger partial charge in [0.15, 0.2) is 0 Å². The molecule has 1 fully saturated rings. The van der Waals surface area contributed by atoms with Gasteiger partial charge in [-0.1, -0.05) is 6.58 Å². The van der Waals surface area contributed by atoms with Crippen LogP contribution in [0.3, 0.4) is 0 Å². The summed E-state index contributed by atoms with van der Waals surface area (Å²) >= 11 is 0. The lowest BCUT2D eigenvalue weighted by atomic mass is 10.6. The highest BCUT2D eigenvalue weighted by molar-refractivity contribution is 7.94. The fraction of sp³-hybridized carbons (Fsp3) is 0.333. The van der Waals surface area contributed by atoms with E-state index in [1.165, 1.54) is 17.0 Å². The quantitative estimate of drug-likeness (QED) is 0.752. The third-order valence-electron chi connectivity index (χ3n) is 2.27. The van der Waals surface area contributed by atoms with Crippen LogP contribution in [-0.4, -0.2) is 18.0 Å². The van der Waals surface area contributed by atoms with Gasteiger partial charge in [0.1, 0.15) is 0 Å². The zero-order chi connectivity index (χ0) is 11.1. The van der Waals surface area contributed by atoms with Crippen molar-refractivity contribution < 1.29 is 8.42 Å². The summed E-state index contributed by atoms with van der Waals surface area (Å²) < 4.78 is 24.3. The number of nitrogens with zero attached hydrogens (tertiary/aromatic N) is 2. The molecule has 2 rings (SSSR count). The molecule has 0 amide bonds. The lowest BCUT2D eigenvalue weighted by molar-refractivity contribution is 0.591. The maximum Gasteiger partial charge on any atom is 0.288 e. The maximum absolute atomic E-state index is 11.7. The minimum Gasteiger partial charge on any atom is -0.308 e. The molecule has 0 aromatic carbocycles. The van der Waals surface area contributed by atoms with E-state index in [2.05, 4.69) is 11.6 Å². The predicted octanol–water partition coefficient (Wildman–Crippen LogP) is 0.495. The molecule has 0 unspecified atom stereocenters. The van der Waals surface area contributed by atoms with Gasteiger partial charge >= 0.3 is 0 Å². The molecule has 0 bridgehead atoms. The molecule has 80 valence electrons. The van der Waals surface area contributed by atoms with Crippen molar-refractivity contribution in [3.8, 4) is 0 Å². The molecular formula is C9H10N2O3S. The van der Waals surface area contributed by atoms with Gasteiger partial charge in [-0.2, -0.15) is 0 Å². The Morgan fingerprint density at radius 2 is 2.20 bits per heavy atom. The molecule has 1 aliphatic rings. The lowest BCUT2D eigenvalue weighted by Gasteiger charge is -2.03. The van der Waals surface area contributed by atoms with Crippen molar-refractivity contribution >= 4 is 9.84 Å². The van der Waals surface area contributed by atoms with Crippen LogP contribution < -0.4 is 5.56 Å². The fourth-order valence-electron chi connectivity index (χ4n) is 1.32. The average Bonchev–Trinajstić information content (AvgIpc) is 3.01. The molecule has 15 heavy (non-hydrogen) atoms. The molecule has 0 aliphatic heterocycles. The number of rotatable bonds is 3. The third kappa shape index (κ3) is 1.72. The van der Waals surface area contributed by atoms with Gasteiger partial charge in [-0.15, -0.1) is 0 Å². The second kappa shape index (κ2) is 3.30. The number of aromatic nitrogens is 2. The fourth-order valence-corrected chi connectivity index (χ4v) is 2.04. The number of hydrogen-bond acceptors (Lipinski definition) is 4. The Labute approximate surface area is 87.0 Å². The van der Waals surface area contributed by atoms with E-state index in [1.54, 1.807) is 0 Å². The van der Waals surface area contributed by atoms with Gasteiger partial charge in [-0.25, -0.2) is 13.4 Å². The average molecular weight is 226 g/mol. The smallest absolute Gasteiger partial charge is 0.288 e. The Bertz CT molecular complexity index is 555. The van der Waals surface area contributed by atoms with E-state index in [4.69, 9.17) is 0 Å². The Kier molecular flexibility index (Phi) is 2.22. The summed E-state index contributed by atoms with van der Waals surface area (Å²) in [4.78, 5) is 15.3. The molecule has 1 heterocycles. The van der Waals surface area contributed by atoms with E-state index in [1.807, 2.05) is 0 Å². The highest BCUT2D eigenvalue weighted by atomic mass is 32.2. The molecule has 0 N–H and O–H groups in total. The van der Waals surface area contributed by atoms with Gasteiger partial charge in [0.25, 0.3) is 5.56 Å². The summed E-state index contributed by atoms with van der Waals surface area (Å²) in [6, 6.07) is 0.138. The highest BCUT2D eigenvalue weighted by Gasteiger charge is 2.27. The van der Waals surface area contributed by atoms with Crippen molar-refractivity contribution in [2.45, 2.75) is 23.9 Å². The Hall–Kier alpha value is -1.43. The van der Waals surface area contributed by atoms with E-state index in [0.29, 0.717) is 0 Å². The molecule has 0 saturated heterocycles. The van der Waals surface area contributed by atoms with Crippen LogP contribution in [0.15, 0.2) is 34.2 Å². The summed E-state index contributed by atoms with van der Waals surface area (Å²) in [7, 11) is -3.74. The Morgan fingerprint density at radius 1 is 1.53 bits per heavy atom. The van der Waals surface area contributed by atoms with Crippen LogP contribution in [0.1, 0.15) is 18.9 Å². The summed E-state index contributed by atoms with van der Waals surface area (Å²) in [6.07, 6.45) is 4.67. The van der Waals surface area contributed by atoms with E-state index in [0.717, 1.165) is 18.2 Å². The Morgan fingerprint density at radius 3 is 2.73 bits per heavy atom. The van der Waals surface area contributed by atoms with Crippen molar-refractivity contribution in [3.05, 3.63) is 34.7 Å². The maximum atomic E-state index is 11.7. The monoisotopic (exact) mass is 226 g/mol. The largest absolute Gasteiger partial charge is 0.308 e. The highest BCUT2D eigenvalue weighted by Crippen LogP contribution is 2.33. The summed E-state index contributed by atoms with van der Waals surface area (Å²) in [5.41, 5.74) is -0.556. The second-order valence-electron chi connectivity index (χ2n) is 3.39. The van der Waals surface area contributed by atoms with Crippen LogP contribution in [0.25, 0.3) is 0 Å². The zero-order valence-electron chi connectivity index (χ0n) is 7.96. The lowest BCUT2D eigenvalue weighted by Crippen LogP contribution is -2.25. The number of hydrogen-bond donors (Lipinski definition) is 0. The normalized spacial score (nSPS) is 16.3. The van der Waals surface area contributed by atoms with Crippen LogP contribution in [0.4, 0.5) is 0 Å². The third-order valence-corrected chi connectivity index (χ3v) is 3.52. The van der Waals surface area contributed by atoms with Crippen LogP contribution >= 0.6 is 0 Å². The first-order valence-corrected chi connectivity index (χ1v) is 6.05. The van der Waals surface area contributed by atoms with Crippen LogP contribution in [0, 0.1) is 0 Å². The standard InChI is InChI=1S/C9H10N2O3S/c1-2-15(13,14)8-9(12)11(6-5-10-8)7-3-4-7/h2,5-7H,1,3-4H2. The molecule has 5 nitrogen and oxygen atoms in total. The summed E-state index contributed by atoms with van der Waals surface area (Å²) in [5, 5.41) is 0.306. The van der Waals surface area contributed by atoms with Crippen molar-refractivity contribution in [1.29, 1.82) is 0 Å². The van der Waals surface area contributed by atoms with Gasteiger partial charge in [-0.05, 0) is 12.8 Å². The van der Waals surface area contributed by atoms with Crippen molar-refractivity contribution in [2.75, 3.05) is 0 Å². The van der Waals surface area contributed by atoms with Gasteiger partial charge in [0, 0.05) is 23.8 Å². The van der Waals surface area contributed by atoms with Crippen LogP contribution in [0.2, 0.25) is 0 Å². The number of sulfone groups is 1. The van der Waals surface area contributed by atoms with Crippen molar-refractivity contribution in [2.24, 2.45) is 0 Å². The summed E-state index contributed by atoms with van der Waals surface area (Å²) in [6.45, 7) is 3.16. The molecular weight excluding hydrogens is 216 g/mol. The second-order valence-corrected chi connectivity index (χ2v) is 5.20. The van der Waals surface area contributed by atoms with Crippen molar-refractivity contribution in [3.63, 3.8) is 0 Å². The molecule has 1 aromatic rings. The minimum atomic E-state index is -3.74. The zero-order valence-corrected chi connectivity index (χ0v) is 8.77. The van der Waals surface area contributed by atoms with E-state index in [-0.39, 0.29) is 6.04 Å². The topological polar surface area (TPSA) is 69.0 Å². The molecule has 1 saturated carbocycles. The molecule has 6 heteroatoms. The van der Waals surface area contributed by atoms with Gasteiger partial charge < -0.3 is 4.57 Å². The van der Waals surface area contributed by atoms with Gasteiger partial charge in [-0.3, -0.25) is 4.79 Å². The van der Waals surface area contributed by atoms with E-state index in [9.17, 15) is 13.2 Å². The summed E-state index contributed by atoms with van der Waals surface area (Å²) in [5.74, 6) is 0. The van der Waals surface area contributed by atoms with Gasteiger partial charge in [0.05, 0.1) is 0 Å². The van der Waals surface area contributed by atoms with Crippen LogP contribution in [-0.2, 0) is 9.84 Å². The van der Waals surface area contributed by atoms with E-state index < -0.39 is 20.4 Å². The first kappa shape index (κ1) is 10.1. The van der Waals surface area contributed by atoms with Gasteiger partial charge in [0.2, 0.25) is 14.9 Å². The first-order valence-electron chi connectivity index (χ1n) is 4.51. The SMILES string of the molecule is C=CS(=O)(=O)c1nccn(C2CC2)c1=O. The van der Waals surface area contributed by atoms with E-state index >= 15 is 0 Å². The minimum absolute atomic E-state index is 0.138. The molecule has 0 spiro atoms. The Balaban J connectivity index is 2.64. The first-order chi connectivity index (χ1) is 7.06.